The summed E-state index contributed by atoms with van der Waals surface area (Å²) in [7, 11) is 2.13. The number of nitriles is 1. The maximum absolute atomic E-state index is 14.4. The topological polar surface area (TPSA) is 110 Å². The molecule has 5 aliphatic rings. The van der Waals surface area contributed by atoms with Crippen LogP contribution in [-0.2, 0) is 32.1 Å². The van der Waals surface area contributed by atoms with Gasteiger partial charge >= 0.3 is 0 Å². The Morgan fingerprint density at radius 3 is 2.86 bits per heavy atom. The van der Waals surface area contributed by atoms with Crippen LogP contribution in [0.15, 0.2) is 30.9 Å². The number of amides is 1. The highest BCUT2D eigenvalue weighted by Crippen LogP contribution is 2.42. The second-order valence-electron chi connectivity index (χ2n) is 12.8. The lowest BCUT2D eigenvalue weighted by atomic mass is 9.68. The summed E-state index contributed by atoms with van der Waals surface area (Å²) in [6.45, 7) is 9.53. The van der Waals surface area contributed by atoms with Crippen LogP contribution in [0.25, 0.3) is 0 Å². The molecular weight excluding hydrogens is 532 g/mol. The van der Waals surface area contributed by atoms with Crippen LogP contribution in [0.5, 0.6) is 0 Å². The van der Waals surface area contributed by atoms with Crippen molar-refractivity contribution in [2.75, 3.05) is 39.8 Å². The van der Waals surface area contributed by atoms with Gasteiger partial charge in [0.1, 0.15) is 5.60 Å². The number of likely N-dealkylation sites (N-methyl/N-ethyl adjacent to an activating group) is 1. The Bertz CT molecular complexity index is 1250. The molecule has 0 radical (unpaired) electrons. The molecule has 10 nitrogen and oxygen atoms in total. The lowest BCUT2D eigenvalue weighted by Gasteiger charge is -2.55. The molecule has 1 aromatic carbocycles. The molecule has 10 heteroatoms. The first-order chi connectivity index (χ1) is 20.3. The van der Waals surface area contributed by atoms with Crippen LogP contribution in [0.4, 0.5) is 0 Å². The minimum Gasteiger partial charge on any atom is -0.362 e. The third-order valence-electron chi connectivity index (χ3n) is 10.3. The molecule has 6 rings (SSSR count). The summed E-state index contributed by atoms with van der Waals surface area (Å²) in [6, 6.07) is 8.38. The van der Waals surface area contributed by atoms with Crippen molar-refractivity contribution in [1.29, 1.82) is 5.26 Å². The number of ketones is 1. The van der Waals surface area contributed by atoms with Gasteiger partial charge in [0.2, 0.25) is 5.91 Å². The third kappa shape index (κ3) is 5.54. The molecule has 1 saturated carbocycles. The number of rotatable bonds is 6. The van der Waals surface area contributed by atoms with Crippen LogP contribution in [0.1, 0.15) is 48.8 Å². The van der Waals surface area contributed by atoms with E-state index >= 15 is 0 Å². The maximum Gasteiger partial charge on any atom is 0.246 e. The molecule has 4 aliphatic heterocycles. The van der Waals surface area contributed by atoms with Crippen molar-refractivity contribution in [2.45, 2.75) is 88.3 Å². The van der Waals surface area contributed by atoms with Gasteiger partial charge in [0, 0.05) is 38.0 Å². The van der Waals surface area contributed by atoms with E-state index in [2.05, 4.69) is 65.3 Å². The monoisotopic (exact) mass is 576 g/mol. The molecule has 4 fully saturated rings. The number of piperazine rings is 1. The quantitative estimate of drug-likeness (QED) is 0.489. The van der Waals surface area contributed by atoms with E-state index in [1.54, 1.807) is 4.90 Å². The molecular formula is C32H44N6O4. The number of benzene rings is 1. The second kappa shape index (κ2) is 12.2. The van der Waals surface area contributed by atoms with Crippen LogP contribution in [0, 0.1) is 24.2 Å². The Kier molecular flexibility index (Phi) is 8.51. The molecule has 1 spiro atoms. The molecule has 6 unspecified atom stereocenters. The highest BCUT2D eigenvalue weighted by atomic mass is 16.5. The SMILES string of the molecule is C=CC(=O)N1CCN(C2NC(OCC3CCCN3C)NC3C(=O)[C@]4(CCC32)Cc2ccc(C)cc2CO4)CC1CC#N. The Labute approximate surface area is 249 Å². The molecule has 226 valence electrons. The third-order valence-corrected chi connectivity index (χ3v) is 10.3. The number of aryl methyl sites for hydroxylation is 1. The van der Waals surface area contributed by atoms with E-state index in [0.717, 1.165) is 25.8 Å². The molecule has 4 heterocycles. The molecule has 7 atom stereocenters. The van der Waals surface area contributed by atoms with Gasteiger partial charge in [0.05, 0.1) is 44.0 Å². The predicted octanol–water partition coefficient (Wildman–Crippen LogP) is 1.68. The number of fused-ring (bicyclic) bond motifs is 2. The fourth-order valence-electron chi connectivity index (χ4n) is 7.84. The summed E-state index contributed by atoms with van der Waals surface area (Å²) in [5.41, 5.74) is 2.73. The molecule has 3 saturated heterocycles. The molecule has 1 amide bonds. The van der Waals surface area contributed by atoms with Crippen LogP contribution in [0.2, 0.25) is 0 Å². The molecule has 2 N–H and O–H groups in total. The van der Waals surface area contributed by atoms with Crippen LogP contribution < -0.4 is 10.6 Å². The lowest BCUT2D eigenvalue weighted by molar-refractivity contribution is -0.173. The smallest absolute Gasteiger partial charge is 0.246 e. The van der Waals surface area contributed by atoms with E-state index in [4.69, 9.17) is 9.47 Å². The Morgan fingerprint density at radius 1 is 1.24 bits per heavy atom. The fraction of sp³-hybridized carbons (Fsp3) is 0.656. The Hall–Kier alpha value is -2.65. The Balaban J connectivity index is 1.24. The van der Waals surface area contributed by atoms with Crippen LogP contribution in [-0.4, -0.2) is 102 Å². The van der Waals surface area contributed by atoms with Crippen molar-refractivity contribution >= 4 is 11.7 Å². The van der Waals surface area contributed by atoms with E-state index in [1.165, 1.54) is 22.8 Å². The highest BCUT2D eigenvalue weighted by Gasteiger charge is 2.56. The number of carbonyl (C=O) groups is 2. The van der Waals surface area contributed by atoms with E-state index in [9.17, 15) is 14.9 Å². The average molecular weight is 577 g/mol. The summed E-state index contributed by atoms with van der Waals surface area (Å²) in [6.07, 6.45) is 5.28. The van der Waals surface area contributed by atoms with Gasteiger partial charge in [-0.25, -0.2) is 0 Å². The van der Waals surface area contributed by atoms with Gasteiger partial charge in [-0.15, -0.1) is 0 Å². The molecule has 0 bridgehead atoms. The van der Waals surface area contributed by atoms with Crippen molar-refractivity contribution in [3.8, 4) is 6.07 Å². The van der Waals surface area contributed by atoms with Crippen molar-refractivity contribution in [3.05, 3.63) is 47.5 Å². The van der Waals surface area contributed by atoms with Crippen LogP contribution in [0.3, 0.4) is 0 Å². The van der Waals surface area contributed by atoms with E-state index in [-0.39, 0.29) is 36.2 Å². The van der Waals surface area contributed by atoms with Gasteiger partial charge in [-0.2, -0.15) is 5.26 Å². The van der Waals surface area contributed by atoms with Crippen molar-refractivity contribution in [1.82, 2.24) is 25.3 Å². The van der Waals surface area contributed by atoms with Gasteiger partial charge < -0.3 is 19.3 Å². The molecule has 1 aromatic rings. The summed E-state index contributed by atoms with van der Waals surface area (Å²) in [5, 5.41) is 16.8. The number of Topliss-reactive ketones (excluding diaryl/α,β-unsaturated/α-hetero) is 1. The van der Waals surface area contributed by atoms with Gasteiger partial charge in [0.25, 0.3) is 0 Å². The summed E-state index contributed by atoms with van der Waals surface area (Å²) < 4.78 is 12.9. The lowest BCUT2D eigenvalue weighted by Crippen LogP contribution is -2.75. The molecule has 42 heavy (non-hydrogen) atoms. The number of carbonyl (C=O) groups excluding carboxylic acids is 2. The number of hydrogen-bond donors (Lipinski definition) is 2. The first kappa shape index (κ1) is 29.4. The zero-order valence-electron chi connectivity index (χ0n) is 24.9. The second-order valence-corrected chi connectivity index (χ2v) is 12.8. The largest absolute Gasteiger partial charge is 0.362 e. The fourth-order valence-corrected chi connectivity index (χ4v) is 7.84. The number of nitrogens with zero attached hydrogens (tertiary/aromatic N) is 4. The maximum atomic E-state index is 14.4. The summed E-state index contributed by atoms with van der Waals surface area (Å²) in [4.78, 5) is 33.4. The zero-order valence-corrected chi connectivity index (χ0v) is 24.9. The van der Waals surface area contributed by atoms with Crippen LogP contribution >= 0.6 is 0 Å². The van der Waals surface area contributed by atoms with Crippen molar-refractivity contribution in [2.24, 2.45) is 5.92 Å². The zero-order chi connectivity index (χ0) is 29.4. The first-order valence-corrected chi connectivity index (χ1v) is 15.5. The minimum atomic E-state index is -0.840. The Morgan fingerprint density at radius 2 is 2.10 bits per heavy atom. The normalized spacial score (nSPS) is 35.5. The van der Waals surface area contributed by atoms with E-state index in [0.29, 0.717) is 51.7 Å². The average Bonchev–Trinajstić information content (AvgIpc) is 3.42. The van der Waals surface area contributed by atoms with E-state index < -0.39 is 18.0 Å². The van der Waals surface area contributed by atoms with Crippen molar-refractivity contribution < 1.29 is 19.1 Å². The van der Waals surface area contributed by atoms with Gasteiger partial charge in [0.15, 0.2) is 12.1 Å². The molecule has 0 aromatic heterocycles. The summed E-state index contributed by atoms with van der Waals surface area (Å²) >= 11 is 0. The van der Waals surface area contributed by atoms with Gasteiger partial charge in [-0.3, -0.25) is 25.1 Å². The van der Waals surface area contributed by atoms with Gasteiger partial charge in [-0.1, -0.05) is 30.3 Å². The van der Waals surface area contributed by atoms with Gasteiger partial charge in [-0.05, 0) is 63.4 Å². The standard InChI is InChI=1S/C32H44N6O4/c1-4-27(39)38-15-14-37(18-24(38)10-12-33)30-26-9-11-32(17-22-8-7-21(2)16-23(22)19-42-32)29(40)28(26)34-31(35-30)41-20-25-6-5-13-36(25)3/h4,7-8,16,24-26,28,30-31,34-35H,1,5-6,9-11,13-15,17-20H2,2-3H3/t24?,25?,26?,28?,30?,31?,32-/m0/s1. The number of likely N-dealkylation sites (tertiary alicyclic amines) is 1. The van der Waals surface area contributed by atoms with Crippen molar-refractivity contribution in [3.63, 3.8) is 0 Å². The predicted molar refractivity (Wildman–Crippen MR) is 157 cm³/mol. The van der Waals surface area contributed by atoms with E-state index in [1.807, 2.05) is 0 Å². The number of hydrogen-bond acceptors (Lipinski definition) is 9. The number of nitrogens with one attached hydrogen (secondary N) is 2. The number of ether oxygens (including phenoxy) is 2. The first-order valence-electron chi connectivity index (χ1n) is 15.5. The molecule has 1 aliphatic carbocycles. The highest BCUT2D eigenvalue weighted by molar-refractivity contribution is 5.94. The minimum absolute atomic E-state index is 0.00420. The summed E-state index contributed by atoms with van der Waals surface area (Å²) in [5.74, 6) is -0.0331.